The predicted molar refractivity (Wildman–Crippen MR) is 66.7 cm³/mol. The third kappa shape index (κ3) is 4.40. The van der Waals surface area contributed by atoms with Crippen LogP contribution < -0.4 is 5.32 Å². The molecule has 1 atom stereocenters. The van der Waals surface area contributed by atoms with E-state index < -0.39 is 0 Å². The van der Waals surface area contributed by atoms with Crippen LogP contribution in [0.5, 0.6) is 0 Å². The molecule has 0 aromatic rings. The minimum atomic E-state index is 0.874. The molecule has 2 aliphatic heterocycles. The summed E-state index contributed by atoms with van der Waals surface area (Å²) in [7, 11) is 0. The maximum Gasteiger partial charge on any atom is 0.0478 e. The first-order valence-electron chi connectivity index (χ1n) is 6.96. The largest absolute Gasteiger partial charge is 0.381 e. The minimum Gasteiger partial charge on any atom is -0.381 e. The summed E-state index contributed by atoms with van der Waals surface area (Å²) in [4.78, 5) is 2.56. The van der Waals surface area contributed by atoms with Crippen molar-refractivity contribution in [2.24, 2.45) is 5.92 Å². The summed E-state index contributed by atoms with van der Waals surface area (Å²) in [6.45, 7) is 8.20. The van der Waals surface area contributed by atoms with Crippen molar-refractivity contribution in [1.29, 1.82) is 0 Å². The first-order valence-corrected chi connectivity index (χ1v) is 6.96. The lowest BCUT2D eigenvalue weighted by molar-refractivity contribution is 0.112. The number of ether oxygens (including phenoxy) is 1. The number of nitrogens with one attached hydrogen (secondary N) is 1. The van der Waals surface area contributed by atoms with Gasteiger partial charge in [-0.05, 0) is 64.2 Å². The molecule has 0 saturated carbocycles. The summed E-state index contributed by atoms with van der Waals surface area (Å²) < 4.78 is 5.70. The van der Waals surface area contributed by atoms with E-state index in [9.17, 15) is 0 Å². The first-order chi connectivity index (χ1) is 7.95. The van der Waals surface area contributed by atoms with Gasteiger partial charge in [0, 0.05) is 19.8 Å². The van der Waals surface area contributed by atoms with Crippen LogP contribution in [0.3, 0.4) is 0 Å². The Labute approximate surface area is 99.5 Å². The van der Waals surface area contributed by atoms with Crippen molar-refractivity contribution in [3.05, 3.63) is 0 Å². The molecule has 0 spiro atoms. The van der Waals surface area contributed by atoms with E-state index in [0.29, 0.717) is 0 Å². The average Bonchev–Trinajstić information content (AvgIpc) is 2.96. The van der Waals surface area contributed by atoms with Gasteiger partial charge in [-0.2, -0.15) is 0 Å². The Morgan fingerprint density at radius 3 is 2.81 bits per heavy atom. The minimum absolute atomic E-state index is 0.874. The molecule has 2 heterocycles. The molecular weight excluding hydrogens is 200 g/mol. The van der Waals surface area contributed by atoms with Crippen molar-refractivity contribution >= 4 is 0 Å². The molecule has 2 rings (SSSR count). The van der Waals surface area contributed by atoms with Crippen LogP contribution in [-0.2, 0) is 4.74 Å². The van der Waals surface area contributed by atoms with Crippen LogP contribution in [0.4, 0.5) is 0 Å². The second-order valence-electron chi connectivity index (χ2n) is 5.16. The predicted octanol–water partition coefficient (Wildman–Crippen LogP) is 1.49. The molecule has 94 valence electrons. The lowest BCUT2D eigenvalue weighted by Crippen LogP contribution is -2.21. The summed E-state index contributed by atoms with van der Waals surface area (Å²) in [5, 5.41) is 3.40. The fourth-order valence-electron chi connectivity index (χ4n) is 2.71. The smallest absolute Gasteiger partial charge is 0.0478 e. The molecule has 0 bridgehead atoms. The Morgan fingerprint density at radius 1 is 1.19 bits per heavy atom. The Hall–Kier alpha value is -0.120. The topological polar surface area (TPSA) is 24.5 Å². The van der Waals surface area contributed by atoms with E-state index in [2.05, 4.69) is 10.2 Å². The number of rotatable bonds is 7. The molecule has 3 heteroatoms. The third-order valence-electron chi connectivity index (χ3n) is 3.79. The van der Waals surface area contributed by atoms with Gasteiger partial charge in [-0.3, -0.25) is 0 Å². The lowest BCUT2D eigenvalue weighted by Gasteiger charge is -2.14. The van der Waals surface area contributed by atoms with Crippen LogP contribution in [-0.4, -0.2) is 50.8 Å². The zero-order valence-electron chi connectivity index (χ0n) is 10.4. The summed E-state index contributed by atoms with van der Waals surface area (Å²) in [6.07, 6.45) is 6.60. The van der Waals surface area contributed by atoms with Crippen LogP contribution in [0, 0.1) is 5.92 Å². The molecule has 3 nitrogen and oxygen atoms in total. The van der Waals surface area contributed by atoms with Crippen LogP contribution >= 0.6 is 0 Å². The fourth-order valence-corrected chi connectivity index (χ4v) is 2.71. The van der Waals surface area contributed by atoms with E-state index in [4.69, 9.17) is 4.74 Å². The van der Waals surface area contributed by atoms with Crippen LogP contribution in [0.25, 0.3) is 0 Å². The van der Waals surface area contributed by atoms with Gasteiger partial charge in [0.15, 0.2) is 0 Å². The molecule has 0 aromatic heterocycles. The second-order valence-corrected chi connectivity index (χ2v) is 5.16. The normalized spacial score (nSPS) is 26.6. The van der Waals surface area contributed by atoms with E-state index >= 15 is 0 Å². The van der Waals surface area contributed by atoms with Crippen molar-refractivity contribution in [3.8, 4) is 0 Å². The second kappa shape index (κ2) is 7.25. The van der Waals surface area contributed by atoms with Crippen molar-refractivity contribution in [3.63, 3.8) is 0 Å². The van der Waals surface area contributed by atoms with Gasteiger partial charge in [-0.15, -0.1) is 0 Å². The van der Waals surface area contributed by atoms with E-state index in [-0.39, 0.29) is 0 Å². The highest BCUT2D eigenvalue weighted by atomic mass is 16.5. The van der Waals surface area contributed by atoms with Crippen LogP contribution in [0.2, 0.25) is 0 Å². The standard InChI is InChI=1S/C13H26N2O/c1-2-8-15(7-1)9-3-10-16-11-5-13-4-6-14-12-13/h13-14H,1-12H2. The molecule has 1 unspecified atom stereocenters. The number of hydrogen-bond donors (Lipinski definition) is 1. The van der Waals surface area contributed by atoms with Gasteiger partial charge in [0.2, 0.25) is 0 Å². The molecule has 0 aliphatic carbocycles. The zero-order chi connectivity index (χ0) is 11.1. The van der Waals surface area contributed by atoms with E-state index in [0.717, 1.165) is 19.1 Å². The highest BCUT2D eigenvalue weighted by molar-refractivity contribution is 4.70. The monoisotopic (exact) mass is 226 g/mol. The van der Waals surface area contributed by atoms with Gasteiger partial charge < -0.3 is 15.0 Å². The van der Waals surface area contributed by atoms with Crippen molar-refractivity contribution in [1.82, 2.24) is 10.2 Å². The molecule has 0 amide bonds. The first kappa shape index (κ1) is 12.3. The Morgan fingerprint density at radius 2 is 2.06 bits per heavy atom. The maximum absolute atomic E-state index is 5.70. The highest BCUT2D eigenvalue weighted by Crippen LogP contribution is 2.12. The number of likely N-dealkylation sites (tertiary alicyclic amines) is 1. The Kier molecular flexibility index (Phi) is 5.59. The van der Waals surface area contributed by atoms with E-state index in [1.54, 1.807) is 0 Å². The summed E-state index contributed by atoms with van der Waals surface area (Å²) in [5.41, 5.74) is 0. The Bertz CT molecular complexity index is 155. The summed E-state index contributed by atoms with van der Waals surface area (Å²) in [5.74, 6) is 0.874. The van der Waals surface area contributed by atoms with Crippen LogP contribution in [0.15, 0.2) is 0 Å². The van der Waals surface area contributed by atoms with Gasteiger partial charge >= 0.3 is 0 Å². The number of nitrogens with zero attached hydrogens (tertiary/aromatic N) is 1. The average molecular weight is 226 g/mol. The SMILES string of the molecule is C1CCN(CCCOCCC2CCNC2)C1. The van der Waals surface area contributed by atoms with Crippen molar-refractivity contribution in [2.45, 2.75) is 32.1 Å². The van der Waals surface area contributed by atoms with Crippen molar-refractivity contribution < 1.29 is 4.74 Å². The van der Waals surface area contributed by atoms with E-state index in [1.807, 2.05) is 0 Å². The van der Waals surface area contributed by atoms with Gasteiger partial charge in [0.05, 0.1) is 0 Å². The molecular formula is C13H26N2O. The van der Waals surface area contributed by atoms with Gasteiger partial charge in [0.25, 0.3) is 0 Å². The summed E-state index contributed by atoms with van der Waals surface area (Å²) in [6, 6.07) is 0. The zero-order valence-corrected chi connectivity index (χ0v) is 10.4. The van der Waals surface area contributed by atoms with Crippen molar-refractivity contribution in [2.75, 3.05) is 45.9 Å². The molecule has 0 radical (unpaired) electrons. The van der Waals surface area contributed by atoms with Gasteiger partial charge in [0.1, 0.15) is 0 Å². The molecule has 2 aliphatic rings. The highest BCUT2D eigenvalue weighted by Gasteiger charge is 2.13. The van der Waals surface area contributed by atoms with Crippen LogP contribution in [0.1, 0.15) is 32.1 Å². The molecule has 0 aromatic carbocycles. The Balaban J connectivity index is 1.37. The molecule has 1 N–H and O–H groups in total. The number of hydrogen-bond acceptors (Lipinski definition) is 3. The molecule has 2 fully saturated rings. The quantitative estimate of drug-likeness (QED) is 0.666. The molecule has 2 saturated heterocycles. The maximum atomic E-state index is 5.70. The van der Waals surface area contributed by atoms with E-state index in [1.165, 1.54) is 64.8 Å². The molecule has 16 heavy (non-hydrogen) atoms. The summed E-state index contributed by atoms with van der Waals surface area (Å²) >= 11 is 0. The fraction of sp³-hybridized carbons (Fsp3) is 1.00. The van der Waals surface area contributed by atoms with Gasteiger partial charge in [-0.1, -0.05) is 0 Å². The lowest BCUT2D eigenvalue weighted by atomic mass is 10.1. The van der Waals surface area contributed by atoms with Gasteiger partial charge in [-0.25, -0.2) is 0 Å². The third-order valence-corrected chi connectivity index (χ3v) is 3.79.